The smallest absolute Gasteiger partial charge is 1.00 e. The van der Waals surface area contributed by atoms with Crippen LogP contribution in [0.1, 0.15) is 2.85 Å². The van der Waals surface area contributed by atoms with Crippen LogP contribution in [0.2, 0.25) is 0 Å². The third kappa shape index (κ3) is 44.0. The van der Waals surface area contributed by atoms with Crippen LogP contribution in [0.4, 0.5) is 0 Å². The zero-order valence-corrected chi connectivity index (χ0v) is 6.96. The monoisotopic (exact) mass is 184 g/mol. The van der Waals surface area contributed by atoms with Gasteiger partial charge in [-0.15, -0.1) is 17.0 Å². The van der Waals surface area contributed by atoms with Crippen molar-refractivity contribution in [2.45, 2.75) is 0 Å². The number of rotatable bonds is 0. The van der Waals surface area contributed by atoms with Crippen molar-refractivity contribution in [3.63, 3.8) is 0 Å². The second-order valence-electron chi connectivity index (χ2n) is 0.346. The van der Waals surface area contributed by atoms with Gasteiger partial charge in [0.15, 0.2) is 0 Å². The Morgan fingerprint density at radius 2 is 1.17 bits per heavy atom. The summed E-state index contributed by atoms with van der Waals surface area (Å²) >= 11 is 0. The van der Waals surface area contributed by atoms with E-state index >= 15 is 0 Å². The summed E-state index contributed by atoms with van der Waals surface area (Å²) in [7, 11) is -2.17. The van der Waals surface area contributed by atoms with E-state index in [1.807, 2.05) is 0 Å². The maximum absolute atomic E-state index is 7.17. The minimum Gasteiger partial charge on any atom is -1.00 e. The largest absolute Gasteiger partial charge is 2.00 e. The van der Waals surface area contributed by atoms with Gasteiger partial charge in [0, 0.05) is 0 Å². The minimum absolute atomic E-state index is 0. The van der Waals surface area contributed by atoms with E-state index in [0.29, 0.717) is 0 Å². The van der Waals surface area contributed by atoms with E-state index in [4.69, 9.17) is 15.1 Å². The van der Waals surface area contributed by atoms with Crippen LogP contribution in [0, 0.1) is 0 Å². The molecule has 0 unspecified atom stereocenters. The van der Waals surface area contributed by atoms with Crippen molar-refractivity contribution < 1.29 is 17.9 Å². The molecule has 0 rings (SSSR count). The Morgan fingerprint density at radius 3 is 1.17 bits per heavy atom. The molecule has 0 aliphatic heterocycles. The second kappa shape index (κ2) is 9.84. The summed E-state index contributed by atoms with van der Waals surface area (Å²) in [5, 5.41) is 21.5. The Hall–Kier alpha value is 1.68. The Kier molecular flexibility index (Phi) is 25.7. The molecule has 0 amide bonds. The van der Waals surface area contributed by atoms with Crippen LogP contribution in [-0.2, 0) is 0 Å². The SMILES string of the molecule is Br.OB(O)O.[Ca+2].[H-].[H-]. The van der Waals surface area contributed by atoms with Crippen LogP contribution in [0.25, 0.3) is 0 Å². The molecule has 0 spiro atoms. The summed E-state index contributed by atoms with van der Waals surface area (Å²) in [6.07, 6.45) is 0. The zero-order valence-electron chi connectivity index (χ0n) is 5.03. The molecule has 0 aromatic rings. The molecule has 0 saturated heterocycles. The molecule has 0 aliphatic rings. The van der Waals surface area contributed by atoms with E-state index in [9.17, 15) is 0 Å². The van der Waals surface area contributed by atoms with Gasteiger partial charge in [0.05, 0.1) is 0 Å². The first-order chi connectivity index (χ1) is 1.73. The fraction of sp³-hybridized carbons (Fsp3) is 0. The van der Waals surface area contributed by atoms with Crippen molar-refractivity contribution in [1.82, 2.24) is 0 Å². The fourth-order valence-corrected chi connectivity index (χ4v) is 0. The van der Waals surface area contributed by atoms with Crippen molar-refractivity contribution in [2.24, 2.45) is 0 Å². The molecule has 6 heavy (non-hydrogen) atoms. The Labute approximate surface area is 79.3 Å². The van der Waals surface area contributed by atoms with Gasteiger partial charge >= 0.3 is 45.1 Å². The standard InChI is InChI=1S/BH3O3.BrH.Ca.2H/c2-1(3)4;;;;/h2-4H;1H;;;/q;;+2;2*-1. The summed E-state index contributed by atoms with van der Waals surface area (Å²) < 4.78 is 0. The van der Waals surface area contributed by atoms with Gasteiger partial charge in [0.1, 0.15) is 0 Å². The average Bonchev–Trinajstić information content (AvgIpc) is 0.811. The zero-order chi connectivity index (χ0) is 3.58. The van der Waals surface area contributed by atoms with Crippen molar-refractivity contribution in [3.05, 3.63) is 0 Å². The summed E-state index contributed by atoms with van der Waals surface area (Å²) in [6, 6.07) is 0. The summed E-state index contributed by atoms with van der Waals surface area (Å²) in [4.78, 5) is 0. The maximum Gasteiger partial charge on any atom is 2.00 e. The first kappa shape index (κ1) is 15.6. The van der Waals surface area contributed by atoms with E-state index < -0.39 is 7.32 Å². The normalized spacial score (nSPS) is 4.50. The molecular formula is H6BBrCaO3. The van der Waals surface area contributed by atoms with Crippen LogP contribution in [-0.4, -0.2) is 60.1 Å². The topological polar surface area (TPSA) is 60.7 Å². The molecule has 0 heterocycles. The van der Waals surface area contributed by atoms with Gasteiger partial charge in [-0.2, -0.15) is 0 Å². The van der Waals surface area contributed by atoms with Crippen molar-refractivity contribution in [1.29, 1.82) is 0 Å². The number of halogens is 1. The Morgan fingerprint density at radius 1 is 1.17 bits per heavy atom. The van der Waals surface area contributed by atoms with E-state index in [0.717, 1.165) is 0 Å². The molecule has 0 radical (unpaired) electrons. The van der Waals surface area contributed by atoms with Crippen LogP contribution in [0.15, 0.2) is 0 Å². The summed E-state index contributed by atoms with van der Waals surface area (Å²) in [6.45, 7) is 0. The quantitative estimate of drug-likeness (QED) is 0.397. The third-order valence-corrected chi connectivity index (χ3v) is 0. The van der Waals surface area contributed by atoms with E-state index in [1.165, 1.54) is 0 Å². The summed E-state index contributed by atoms with van der Waals surface area (Å²) in [5.41, 5.74) is 0. The molecule has 0 saturated carbocycles. The van der Waals surface area contributed by atoms with Gasteiger partial charge in [0.2, 0.25) is 0 Å². The predicted octanol–water partition coefficient (Wildman–Crippen LogP) is -1.63. The van der Waals surface area contributed by atoms with E-state index in [2.05, 4.69) is 0 Å². The van der Waals surface area contributed by atoms with Crippen LogP contribution >= 0.6 is 17.0 Å². The van der Waals surface area contributed by atoms with Crippen LogP contribution < -0.4 is 0 Å². The Bertz CT molecular complexity index is 22.0. The van der Waals surface area contributed by atoms with E-state index in [1.54, 1.807) is 0 Å². The maximum atomic E-state index is 7.17. The molecule has 0 aromatic carbocycles. The average molecular weight is 185 g/mol. The van der Waals surface area contributed by atoms with Gasteiger partial charge < -0.3 is 17.9 Å². The van der Waals surface area contributed by atoms with Crippen molar-refractivity contribution in [3.8, 4) is 0 Å². The molecular weight excluding hydrogens is 179 g/mol. The molecule has 0 atom stereocenters. The molecule has 0 aliphatic carbocycles. The number of hydrogen-bond acceptors (Lipinski definition) is 3. The van der Waals surface area contributed by atoms with Gasteiger partial charge in [-0.3, -0.25) is 0 Å². The Balaban J connectivity index is -0.00000000750. The van der Waals surface area contributed by atoms with E-state index in [-0.39, 0.29) is 57.6 Å². The van der Waals surface area contributed by atoms with Gasteiger partial charge in [-0.05, 0) is 0 Å². The van der Waals surface area contributed by atoms with Crippen molar-refractivity contribution >= 4 is 62.0 Å². The van der Waals surface area contributed by atoms with Crippen molar-refractivity contribution in [2.75, 3.05) is 0 Å². The van der Waals surface area contributed by atoms with Crippen LogP contribution in [0.3, 0.4) is 0 Å². The van der Waals surface area contributed by atoms with Gasteiger partial charge in [0.25, 0.3) is 0 Å². The van der Waals surface area contributed by atoms with Gasteiger partial charge in [-0.25, -0.2) is 0 Å². The predicted molar refractivity (Wildman–Crippen MR) is 30.7 cm³/mol. The third-order valence-electron chi connectivity index (χ3n) is 0. The molecule has 0 fully saturated rings. The molecule has 0 aromatic heterocycles. The number of hydrogen-bond donors (Lipinski definition) is 3. The minimum atomic E-state index is -2.17. The molecule has 3 N–H and O–H groups in total. The summed E-state index contributed by atoms with van der Waals surface area (Å²) in [5.74, 6) is 0. The first-order valence-electron chi connectivity index (χ1n) is 0.775. The van der Waals surface area contributed by atoms with Crippen LogP contribution in [0.5, 0.6) is 0 Å². The fourth-order valence-electron chi connectivity index (χ4n) is 0. The molecule has 6 heteroatoms. The second-order valence-corrected chi connectivity index (χ2v) is 0.346. The molecule has 3 nitrogen and oxygen atoms in total. The first-order valence-corrected chi connectivity index (χ1v) is 0.775. The van der Waals surface area contributed by atoms with Gasteiger partial charge in [-0.1, -0.05) is 0 Å². The molecule has 0 bridgehead atoms. The molecule has 36 valence electrons.